The molecule has 0 unspecified atom stereocenters. The minimum Gasteiger partial charge on any atom is -0.351 e. The molecule has 0 amide bonds. The number of hydrogen-bond acceptors (Lipinski definition) is 2. The zero-order valence-corrected chi connectivity index (χ0v) is 9.16. The number of aromatic nitrogens is 2. The Bertz CT molecular complexity index is 593. The Morgan fingerprint density at radius 3 is 2.93 bits per heavy atom. The summed E-state index contributed by atoms with van der Waals surface area (Å²) >= 11 is 1.53. The zero-order valence-electron chi connectivity index (χ0n) is 8.34. The SMILES string of the molecule is Cn1ccc2ccc(-c3ccns3)cc21. The summed E-state index contributed by atoms with van der Waals surface area (Å²) in [6.45, 7) is 0. The normalized spacial score (nSPS) is 11.0. The summed E-state index contributed by atoms with van der Waals surface area (Å²) < 4.78 is 6.26. The molecule has 0 spiro atoms. The second-order valence-corrected chi connectivity index (χ2v) is 4.41. The standard InChI is InChI=1S/C12H10N2S/c1-14-7-5-9-2-3-10(8-11(9)14)12-4-6-13-15-12/h2-8H,1H3. The average Bonchev–Trinajstić information content (AvgIpc) is 2.88. The van der Waals surface area contributed by atoms with Gasteiger partial charge in [-0.25, -0.2) is 4.37 Å². The average molecular weight is 214 g/mol. The summed E-state index contributed by atoms with van der Waals surface area (Å²) in [7, 11) is 2.07. The molecular formula is C12H10N2S. The molecule has 3 aromatic rings. The minimum absolute atomic E-state index is 1.22. The summed E-state index contributed by atoms with van der Waals surface area (Å²) in [5.41, 5.74) is 2.51. The quantitative estimate of drug-likeness (QED) is 0.607. The third-order valence-corrected chi connectivity index (χ3v) is 3.41. The third-order valence-electron chi connectivity index (χ3n) is 2.61. The van der Waals surface area contributed by atoms with E-state index in [9.17, 15) is 0 Å². The van der Waals surface area contributed by atoms with Gasteiger partial charge in [0, 0.05) is 25.0 Å². The predicted molar refractivity (Wildman–Crippen MR) is 64.0 cm³/mol. The Hall–Kier alpha value is -1.61. The monoisotopic (exact) mass is 214 g/mol. The van der Waals surface area contributed by atoms with Crippen molar-refractivity contribution in [2.45, 2.75) is 0 Å². The van der Waals surface area contributed by atoms with Crippen molar-refractivity contribution in [3.63, 3.8) is 0 Å². The van der Waals surface area contributed by atoms with E-state index in [1.807, 2.05) is 6.20 Å². The molecule has 2 heterocycles. The van der Waals surface area contributed by atoms with Gasteiger partial charge in [0.2, 0.25) is 0 Å². The Kier molecular flexibility index (Phi) is 1.86. The van der Waals surface area contributed by atoms with E-state index in [1.165, 1.54) is 32.9 Å². The van der Waals surface area contributed by atoms with E-state index in [-0.39, 0.29) is 0 Å². The van der Waals surface area contributed by atoms with Gasteiger partial charge in [-0.3, -0.25) is 0 Å². The molecule has 74 valence electrons. The first-order valence-corrected chi connectivity index (χ1v) is 5.58. The second-order valence-electron chi connectivity index (χ2n) is 3.58. The Morgan fingerprint density at radius 1 is 1.20 bits per heavy atom. The largest absolute Gasteiger partial charge is 0.351 e. The van der Waals surface area contributed by atoms with Crippen molar-refractivity contribution < 1.29 is 0 Å². The number of rotatable bonds is 1. The highest BCUT2D eigenvalue weighted by atomic mass is 32.1. The Labute approximate surface area is 92.0 Å². The fraction of sp³-hybridized carbons (Fsp3) is 0.0833. The topological polar surface area (TPSA) is 17.8 Å². The van der Waals surface area contributed by atoms with E-state index in [2.05, 4.69) is 52.5 Å². The molecular weight excluding hydrogens is 204 g/mol. The smallest absolute Gasteiger partial charge is 0.0550 e. The maximum atomic E-state index is 4.12. The molecule has 3 rings (SSSR count). The molecule has 0 radical (unpaired) electrons. The van der Waals surface area contributed by atoms with Gasteiger partial charge in [-0.15, -0.1) is 0 Å². The van der Waals surface area contributed by atoms with Crippen LogP contribution in [0.25, 0.3) is 21.3 Å². The van der Waals surface area contributed by atoms with Gasteiger partial charge in [-0.2, -0.15) is 0 Å². The highest BCUT2D eigenvalue weighted by Gasteiger charge is 2.02. The molecule has 0 saturated carbocycles. The van der Waals surface area contributed by atoms with Gasteiger partial charge in [0.05, 0.1) is 4.88 Å². The van der Waals surface area contributed by atoms with Gasteiger partial charge < -0.3 is 4.57 Å². The summed E-state index contributed by atoms with van der Waals surface area (Å²) in [5, 5.41) is 1.28. The maximum Gasteiger partial charge on any atom is 0.0550 e. The van der Waals surface area contributed by atoms with Crippen LogP contribution >= 0.6 is 11.5 Å². The highest BCUT2D eigenvalue weighted by Crippen LogP contribution is 2.26. The predicted octanol–water partition coefficient (Wildman–Crippen LogP) is 3.30. The van der Waals surface area contributed by atoms with Crippen LogP contribution < -0.4 is 0 Å². The highest BCUT2D eigenvalue weighted by molar-refractivity contribution is 7.09. The molecule has 2 nitrogen and oxygen atoms in total. The van der Waals surface area contributed by atoms with Gasteiger partial charge in [0.1, 0.15) is 0 Å². The summed E-state index contributed by atoms with van der Waals surface area (Å²) in [6, 6.07) is 10.7. The van der Waals surface area contributed by atoms with Crippen molar-refractivity contribution >= 4 is 22.4 Å². The van der Waals surface area contributed by atoms with Crippen LogP contribution in [0.3, 0.4) is 0 Å². The minimum atomic E-state index is 1.22. The van der Waals surface area contributed by atoms with Crippen molar-refractivity contribution in [3.8, 4) is 10.4 Å². The molecule has 0 saturated heterocycles. The molecule has 0 aliphatic heterocycles. The van der Waals surface area contributed by atoms with Crippen LogP contribution in [0.5, 0.6) is 0 Å². The van der Waals surface area contributed by atoms with Gasteiger partial charge in [-0.05, 0) is 40.7 Å². The molecule has 0 N–H and O–H groups in total. The van der Waals surface area contributed by atoms with E-state index in [1.54, 1.807) is 0 Å². The first kappa shape index (κ1) is 8.68. The zero-order chi connectivity index (χ0) is 10.3. The lowest BCUT2D eigenvalue weighted by Gasteiger charge is -1.99. The van der Waals surface area contributed by atoms with Crippen molar-refractivity contribution in [3.05, 3.63) is 42.7 Å². The van der Waals surface area contributed by atoms with Gasteiger partial charge in [0.25, 0.3) is 0 Å². The maximum absolute atomic E-state index is 4.12. The molecule has 0 aliphatic rings. The first-order valence-electron chi connectivity index (χ1n) is 4.81. The van der Waals surface area contributed by atoms with Crippen LogP contribution in [-0.2, 0) is 7.05 Å². The first-order chi connectivity index (χ1) is 7.34. The van der Waals surface area contributed by atoms with E-state index in [0.717, 1.165) is 0 Å². The van der Waals surface area contributed by atoms with Crippen LogP contribution in [0.2, 0.25) is 0 Å². The molecule has 2 aromatic heterocycles. The fourth-order valence-electron chi connectivity index (χ4n) is 1.78. The number of aryl methyl sites for hydroxylation is 1. The fourth-order valence-corrected chi connectivity index (χ4v) is 2.37. The van der Waals surface area contributed by atoms with Crippen LogP contribution in [0.1, 0.15) is 0 Å². The number of fused-ring (bicyclic) bond motifs is 1. The van der Waals surface area contributed by atoms with Gasteiger partial charge in [-0.1, -0.05) is 12.1 Å². The van der Waals surface area contributed by atoms with Gasteiger partial charge >= 0.3 is 0 Å². The van der Waals surface area contributed by atoms with E-state index in [4.69, 9.17) is 0 Å². The Morgan fingerprint density at radius 2 is 2.13 bits per heavy atom. The molecule has 3 heteroatoms. The molecule has 0 fully saturated rings. The van der Waals surface area contributed by atoms with Crippen LogP contribution in [0.15, 0.2) is 42.7 Å². The summed E-state index contributed by atoms with van der Waals surface area (Å²) in [5.74, 6) is 0. The van der Waals surface area contributed by atoms with Crippen LogP contribution in [-0.4, -0.2) is 8.94 Å². The molecule has 15 heavy (non-hydrogen) atoms. The van der Waals surface area contributed by atoms with E-state index < -0.39 is 0 Å². The van der Waals surface area contributed by atoms with Crippen molar-refractivity contribution in [2.75, 3.05) is 0 Å². The lowest BCUT2D eigenvalue weighted by molar-refractivity contribution is 0.969. The lowest BCUT2D eigenvalue weighted by Crippen LogP contribution is -1.83. The summed E-state index contributed by atoms with van der Waals surface area (Å²) in [4.78, 5) is 1.22. The number of nitrogens with zero attached hydrogens (tertiary/aromatic N) is 2. The van der Waals surface area contributed by atoms with Crippen LogP contribution in [0.4, 0.5) is 0 Å². The van der Waals surface area contributed by atoms with Crippen molar-refractivity contribution in [1.29, 1.82) is 0 Å². The molecule has 0 aliphatic carbocycles. The van der Waals surface area contributed by atoms with Gasteiger partial charge in [0.15, 0.2) is 0 Å². The second kappa shape index (κ2) is 3.21. The van der Waals surface area contributed by atoms with Crippen molar-refractivity contribution in [1.82, 2.24) is 8.94 Å². The third kappa shape index (κ3) is 1.36. The van der Waals surface area contributed by atoms with E-state index in [0.29, 0.717) is 0 Å². The summed E-state index contributed by atoms with van der Waals surface area (Å²) in [6.07, 6.45) is 3.93. The lowest BCUT2D eigenvalue weighted by atomic mass is 10.1. The van der Waals surface area contributed by atoms with Crippen LogP contribution in [0, 0.1) is 0 Å². The molecule has 1 aromatic carbocycles. The molecule has 0 bridgehead atoms. The Balaban J connectivity index is 2.25. The number of benzene rings is 1. The molecule has 0 atom stereocenters. The van der Waals surface area contributed by atoms with E-state index >= 15 is 0 Å². The van der Waals surface area contributed by atoms with Crippen molar-refractivity contribution in [2.24, 2.45) is 7.05 Å². The number of hydrogen-bond donors (Lipinski definition) is 0.